The second kappa shape index (κ2) is 6.10. The van der Waals surface area contributed by atoms with Crippen LogP contribution in [0.2, 0.25) is 0 Å². The number of anilines is 1. The Labute approximate surface area is 126 Å². The maximum atomic E-state index is 12.7. The van der Waals surface area contributed by atoms with E-state index in [0.717, 1.165) is 17.8 Å². The fourth-order valence-electron chi connectivity index (χ4n) is 1.59. The van der Waals surface area contributed by atoms with Crippen molar-refractivity contribution in [3.63, 3.8) is 0 Å². The number of nitrogens with one attached hydrogen (secondary N) is 1. The van der Waals surface area contributed by atoms with Crippen molar-refractivity contribution in [2.45, 2.75) is 13.1 Å². The number of nitrogens with zero attached hydrogens (tertiary/aromatic N) is 3. The largest absolute Gasteiger partial charge is 0.422 e. The van der Waals surface area contributed by atoms with Crippen LogP contribution < -0.4 is 5.43 Å². The average Bonchev–Trinajstić information content (AvgIpc) is 2.83. The van der Waals surface area contributed by atoms with Crippen molar-refractivity contribution in [3.05, 3.63) is 50.5 Å². The number of aromatic nitrogens is 1. The summed E-state index contributed by atoms with van der Waals surface area (Å²) in [4.78, 5) is 13.8. The van der Waals surface area contributed by atoms with Gasteiger partial charge in [-0.25, -0.2) is 4.98 Å². The van der Waals surface area contributed by atoms with Crippen molar-refractivity contribution < 1.29 is 18.1 Å². The number of hydrogen-bond acceptors (Lipinski definition) is 6. The Morgan fingerprint density at radius 1 is 1.45 bits per heavy atom. The molecule has 1 aromatic heterocycles. The summed E-state index contributed by atoms with van der Waals surface area (Å²) in [5.74, 6) is 0. The molecule has 0 unspecified atom stereocenters. The van der Waals surface area contributed by atoms with Gasteiger partial charge in [0, 0.05) is 17.0 Å². The number of halogens is 3. The molecule has 0 atom stereocenters. The zero-order valence-electron chi connectivity index (χ0n) is 11.1. The van der Waals surface area contributed by atoms with E-state index in [1.807, 2.05) is 0 Å². The van der Waals surface area contributed by atoms with E-state index in [2.05, 4.69) is 15.5 Å². The van der Waals surface area contributed by atoms with E-state index in [1.165, 1.54) is 17.6 Å². The number of nitro benzene ring substituents is 1. The van der Waals surface area contributed by atoms with Crippen molar-refractivity contribution in [1.29, 1.82) is 0 Å². The lowest BCUT2D eigenvalue weighted by Gasteiger charge is -2.07. The quantitative estimate of drug-likeness (QED) is 0.525. The van der Waals surface area contributed by atoms with Crippen LogP contribution in [0, 0.1) is 17.0 Å². The first-order chi connectivity index (χ1) is 10.3. The molecule has 1 aromatic carbocycles. The molecular weight excluding hydrogens is 321 g/mol. The molecule has 2 rings (SSSR count). The molecule has 0 amide bonds. The molecule has 0 saturated carbocycles. The number of thiazole rings is 1. The van der Waals surface area contributed by atoms with Crippen molar-refractivity contribution in [2.24, 2.45) is 5.10 Å². The van der Waals surface area contributed by atoms with Gasteiger partial charge in [-0.1, -0.05) is 6.07 Å². The van der Waals surface area contributed by atoms with E-state index in [9.17, 15) is 23.3 Å². The maximum absolute atomic E-state index is 12.7. The first-order valence-corrected chi connectivity index (χ1v) is 6.72. The molecule has 0 aliphatic rings. The normalized spacial score (nSPS) is 11.8. The first-order valence-electron chi connectivity index (χ1n) is 5.84. The number of aryl methyl sites for hydroxylation is 1. The predicted octanol–water partition coefficient (Wildman–Crippen LogP) is 3.82. The van der Waals surface area contributed by atoms with Crippen molar-refractivity contribution >= 4 is 28.4 Å². The predicted molar refractivity (Wildman–Crippen MR) is 76.2 cm³/mol. The van der Waals surface area contributed by atoms with Gasteiger partial charge in [0.15, 0.2) is 0 Å². The summed E-state index contributed by atoms with van der Waals surface area (Å²) in [6, 6.07) is 2.59. The zero-order chi connectivity index (χ0) is 16.3. The molecule has 0 spiro atoms. The molecular formula is C12H9F3N4O2S. The molecule has 10 heteroatoms. The lowest BCUT2D eigenvalue weighted by molar-refractivity contribution is -0.388. The SMILES string of the molecule is Cc1csc(NN=Cc2ccc(C(F)(F)F)c([N+](=O)[O-])c2)n1. The summed E-state index contributed by atoms with van der Waals surface area (Å²) < 4.78 is 38.0. The van der Waals surface area contributed by atoms with Crippen LogP contribution in [0.3, 0.4) is 0 Å². The molecule has 6 nitrogen and oxygen atoms in total. The van der Waals surface area contributed by atoms with Crippen molar-refractivity contribution in [1.82, 2.24) is 4.98 Å². The van der Waals surface area contributed by atoms with Gasteiger partial charge >= 0.3 is 6.18 Å². The number of alkyl halides is 3. The maximum Gasteiger partial charge on any atom is 0.422 e. The third-order valence-corrected chi connectivity index (χ3v) is 3.38. The highest BCUT2D eigenvalue weighted by atomic mass is 32.1. The van der Waals surface area contributed by atoms with Gasteiger partial charge in [-0.05, 0) is 13.0 Å². The molecule has 116 valence electrons. The van der Waals surface area contributed by atoms with Gasteiger partial charge in [0.05, 0.1) is 16.8 Å². The number of nitro groups is 1. The molecule has 0 saturated heterocycles. The summed E-state index contributed by atoms with van der Waals surface area (Å²) in [6.07, 6.45) is -3.60. The van der Waals surface area contributed by atoms with Crippen LogP contribution >= 0.6 is 11.3 Å². The van der Waals surface area contributed by atoms with Crippen molar-refractivity contribution in [2.75, 3.05) is 5.43 Å². The molecule has 0 bridgehead atoms. The van der Waals surface area contributed by atoms with E-state index in [-0.39, 0.29) is 5.56 Å². The Balaban J connectivity index is 2.22. The number of hydrazone groups is 1. The Hall–Kier alpha value is -2.49. The molecule has 1 N–H and O–H groups in total. The van der Waals surface area contributed by atoms with Crippen molar-refractivity contribution in [3.8, 4) is 0 Å². The van der Waals surface area contributed by atoms with E-state index < -0.39 is 22.4 Å². The second-order valence-electron chi connectivity index (χ2n) is 4.20. The highest BCUT2D eigenvalue weighted by Crippen LogP contribution is 2.36. The van der Waals surface area contributed by atoms with Gasteiger partial charge in [0.25, 0.3) is 5.69 Å². The Kier molecular flexibility index (Phi) is 4.40. The Morgan fingerprint density at radius 3 is 2.73 bits per heavy atom. The van der Waals surface area contributed by atoms with Gasteiger partial charge in [0.1, 0.15) is 5.56 Å². The molecule has 22 heavy (non-hydrogen) atoms. The van der Waals surface area contributed by atoms with Gasteiger partial charge in [-0.15, -0.1) is 11.3 Å². The van der Waals surface area contributed by atoms with E-state index in [4.69, 9.17) is 0 Å². The van der Waals surface area contributed by atoms with Crippen LogP contribution in [0.15, 0.2) is 28.7 Å². The molecule has 1 heterocycles. The summed E-state index contributed by atoms with van der Waals surface area (Å²) >= 11 is 1.31. The Morgan fingerprint density at radius 2 is 2.18 bits per heavy atom. The standard InChI is InChI=1S/C12H9F3N4O2S/c1-7-6-22-11(17-7)18-16-5-8-2-3-9(12(13,14)15)10(4-8)19(20)21/h2-6H,1H3,(H,17,18). The lowest BCUT2D eigenvalue weighted by atomic mass is 10.1. The second-order valence-corrected chi connectivity index (χ2v) is 5.05. The van der Waals surface area contributed by atoms with Gasteiger partial charge < -0.3 is 0 Å². The van der Waals surface area contributed by atoms with Gasteiger partial charge in [0.2, 0.25) is 5.13 Å². The fraction of sp³-hybridized carbons (Fsp3) is 0.167. The van der Waals surface area contributed by atoms with E-state index in [0.29, 0.717) is 11.2 Å². The molecule has 0 aliphatic carbocycles. The monoisotopic (exact) mass is 330 g/mol. The third-order valence-electron chi connectivity index (χ3n) is 2.52. The molecule has 2 aromatic rings. The number of benzene rings is 1. The smallest absolute Gasteiger partial charge is 0.258 e. The average molecular weight is 330 g/mol. The highest BCUT2D eigenvalue weighted by molar-refractivity contribution is 7.13. The fourth-order valence-corrected chi connectivity index (χ4v) is 2.22. The minimum atomic E-state index is -4.78. The minimum absolute atomic E-state index is 0.167. The molecule has 0 radical (unpaired) electrons. The topological polar surface area (TPSA) is 80.4 Å². The molecule has 0 fully saturated rings. The number of rotatable bonds is 4. The van der Waals surface area contributed by atoms with Crippen LogP contribution in [0.25, 0.3) is 0 Å². The van der Waals surface area contributed by atoms with Crippen LogP contribution in [0.5, 0.6) is 0 Å². The summed E-state index contributed by atoms with van der Waals surface area (Å²) in [5.41, 5.74) is 1.25. The summed E-state index contributed by atoms with van der Waals surface area (Å²) in [7, 11) is 0. The van der Waals surface area contributed by atoms with E-state index in [1.54, 1.807) is 12.3 Å². The third kappa shape index (κ3) is 3.79. The molecule has 0 aliphatic heterocycles. The Bertz CT molecular complexity index is 727. The van der Waals surface area contributed by atoms with E-state index >= 15 is 0 Å². The number of hydrogen-bond donors (Lipinski definition) is 1. The lowest BCUT2D eigenvalue weighted by Crippen LogP contribution is -2.09. The van der Waals surface area contributed by atoms with Gasteiger partial charge in [-0.2, -0.15) is 18.3 Å². The van der Waals surface area contributed by atoms with Crippen LogP contribution in [-0.2, 0) is 6.18 Å². The van der Waals surface area contributed by atoms with Crippen LogP contribution in [-0.4, -0.2) is 16.1 Å². The van der Waals surface area contributed by atoms with Gasteiger partial charge in [-0.3, -0.25) is 15.5 Å². The zero-order valence-corrected chi connectivity index (χ0v) is 11.9. The first kappa shape index (κ1) is 15.9. The minimum Gasteiger partial charge on any atom is -0.258 e. The summed E-state index contributed by atoms with van der Waals surface area (Å²) in [5, 5.41) is 16.8. The highest BCUT2D eigenvalue weighted by Gasteiger charge is 2.38. The van der Waals surface area contributed by atoms with Crippen LogP contribution in [0.4, 0.5) is 24.0 Å². The van der Waals surface area contributed by atoms with Crippen LogP contribution in [0.1, 0.15) is 16.8 Å². The summed E-state index contributed by atoms with van der Waals surface area (Å²) in [6.45, 7) is 1.80.